The Hall–Kier alpha value is -1.38. The summed E-state index contributed by atoms with van der Waals surface area (Å²) in [5.41, 5.74) is 2.41. The third-order valence-electron chi connectivity index (χ3n) is 2.50. The van der Waals surface area contributed by atoms with Gasteiger partial charge in [0.15, 0.2) is 0 Å². The fourth-order valence-electron chi connectivity index (χ4n) is 1.72. The van der Waals surface area contributed by atoms with Crippen molar-refractivity contribution in [3.8, 4) is 11.1 Å². The van der Waals surface area contributed by atoms with Gasteiger partial charge >= 0.3 is 0 Å². The molecule has 0 bridgehead atoms. The number of benzene rings is 1. The molecule has 0 atom stereocenters. The molecule has 0 aliphatic heterocycles. The first-order valence-corrected chi connectivity index (χ1v) is 6.18. The van der Waals surface area contributed by atoms with Crippen LogP contribution in [0.4, 0.5) is 0 Å². The lowest BCUT2D eigenvalue weighted by Crippen LogP contribution is -1.75. The number of hydrogen-bond donors (Lipinski definition) is 0. The Balaban J connectivity index is 2.22. The Kier molecular flexibility index (Phi) is 2.39. The second kappa shape index (κ2) is 3.89. The minimum absolute atomic E-state index is 0.765. The summed E-state index contributed by atoms with van der Waals surface area (Å²) in [7, 11) is 0. The minimum atomic E-state index is 0.765. The van der Waals surface area contributed by atoms with Gasteiger partial charge in [-0.15, -0.1) is 11.3 Å². The summed E-state index contributed by atoms with van der Waals surface area (Å²) in [6.45, 7) is 0. The Morgan fingerprint density at radius 1 is 1.06 bits per heavy atom. The van der Waals surface area contributed by atoms with Gasteiger partial charge in [0.05, 0.1) is 0 Å². The minimum Gasteiger partial charge on any atom is -0.245 e. The number of nitrogens with zero attached hydrogens (tertiary/aromatic N) is 1. The van der Waals surface area contributed by atoms with Gasteiger partial charge in [-0.3, -0.25) is 0 Å². The molecule has 0 spiro atoms. The van der Waals surface area contributed by atoms with Crippen LogP contribution in [-0.2, 0) is 0 Å². The Bertz CT molecular complexity index is 628. The maximum atomic E-state index is 5.88. The van der Waals surface area contributed by atoms with Gasteiger partial charge in [-0.1, -0.05) is 23.7 Å². The zero-order valence-corrected chi connectivity index (χ0v) is 9.92. The van der Waals surface area contributed by atoms with Gasteiger partial charge in [0.2, 0.25) is 0 Å². The van der Waals surface area contributed by atoms with Gasteiger partial charge in [-0.25, -0.2) is 4.98 Å². The maximum Gasteiger partial charge on any atom is 0.123 e. The summed E-state index contributed by atoms with van der Waals surface area (Å²) in [4.78, 5) is 5.41. The predicted octanol–water partition coefficient (Wildman–Crippen LogP) is 4.62. The van der Waals surface area contributed by atoms with Crippen molar-refractivity contribution in [2.75, 3.05) is 0 Å². The first-order chi connectivity index (χ1) is 7.84. The first kappa shape index (κ1) is 9.82. The summed E-state index contributed by atoms with van der Waals surface area (Å²) in [5, 5.41) is 4.11. The van der Waals surface area contributed by atoms with Crippen LogP contribution in [-0.4, -0.2) is 4.98 Å². The Morgan fingerprint density at radius 2 is 1.88 bits per heavy atom. The van der Waals surface area contributed by atoms with E-state index in [1.54, 1.807) is 11.3 Å². The van der Waals surface area contributed by atoms with Gasteiger partial charge < -0.3 is 0 Å². The van der Waals surface area contributed by atoms with E-state index in [0.29, 0.717) is 0 Å². The van der Waals surface area contributed by atoms with E-state index in [1.807, 2.05) is 36.5 Å². The Labute approximate surface area is 102 Å². The standard InChI is InChI=1S/C13H8ClNS/c14-10-5-3-9(4-6-10)12-8-16-13-11(12)2-1-7-15-13/h1-8H. The number of thiophene rings is 1. The quantitative estimate of drug-likeness (QED) is 0.610. The molecule has 16 heavy (non-hydrogen) atoms. The van der Waals surface area contributed by atoms with Crippen LogP contribution in [0, 0.1) is 0 Å². The summed E-state index contributed by atoms with van der Waals surface area (Å²) in [6, 6.07) is 12.0. The SMILES string of the molecule is Clc1ccc(-c2csc3ncccc23)cc1. The highest BCUT2D eigenvalue weighted by Crippen LogP contribution is 2.32. The topological polar surface area (TPSA) is 12.9 Å². The fraction of sp³-hybridized carbons (Fsp3) is 0. The van der Waals surface area contributed by atoms with E-state index < -0.39 is 0 Å². The van der Waals surface area contributed by atoms with Gasteiger partial charge in [-0.05, 0) is 29.8 Å². The van der Waals surface area contributed by atoms with Gasteiger partial charge in [0.1, 0.15) is 4.83 Å². The molecule has 3 aromatic rings. The molecule has 0 amide bonds. The van der Waals surface area contributed by atoms with Crippen LogP contribution in [0.2, 0.25) is 5.02 Å². The number of rotatable bonds is 1. The van der Waals surface area contributed by atoms with E-state index >= 15 is 0 Å². The zero-order valence-electron chi connectivity index (χ0n) is 8.35. The van der Waals surface area contributed by atoms with Crippen molar-refractivity contribution >= 4 is 33.2 Å². The third-order valence-corrected chi connectivity index (χ3v) is 3.66. The molecule has 3 rings (SSSR count). The van der Waals surface area contributed by atoms with Crippen LogP contribution in [0.15, 0.2) is 48.0 Å². The van der Waals surface area contributed by atoms with Crippen LogP contribution in [0.5, 0.6) is 0 Å². The second-order valence-electron chi connectivity index (χ2n) is 3.51. The number of hydrogen-bond acceptors (Lipinski definition) is 2. The molecule has 1 aromatic carbocycles. The molecule has 0 radical (unpaired) electrons. The van der Waals surface area contributed by atoms with Crippen LogP contribution >= 0.6 is 22.9 Å². The lowest BCUT2D eigenvalue weighted by molar-refractivity contribution is 1.45. The summed E-state index contributed by atoms with van der Waals surface area (Å²) < 4.78 is 0. The number of fused-ring (bicyclic) bond motifs is 1. The summed E-state index contributed by atoms with van der Waals surface area (Å²) >= 11 is 7.55. The van der Waals surface area contributed by atoms with Crippen molar-refractivity contribution in [1.82, 2.24) is 4.98 Å². The largest absolute Gasteiger partial charge is 0.245 e. The average Bonchev–Trinajstić information content (AvgIpc) is 2.74. The van der Waals surface area contributed by atoms with Gasteiger partial charge in [-0.2, -0.15) is 0 Å². The molecule has 2 aromatic heterocycles. The Morgan fingerprint density at radius 3 is 2.69 bits per heavy atom. The van der Waals surface area contributed by atoms with E-state index in [-0.39, 0.29) is 0 Å². The summed E-state index contributed by atoms with van der Waals surface area (Å²) in [5.74, 6) is 0. The number of pyridine rings is 1. The lowest BCUT2D eigenvalue weighted by atomic mass is 10.1. The van der Waals surface area contributed by atoms with Crippen molar-refractivity contribution < 1.29 is 0 Å². The molecule has 0 aliphatic rings. The van der Waals surface area contributed by atoms with Crippen molar-refractivity contribution in [1.29, 1.82) is 0 Å². The van der Waals surface area contributed by atoms with Crippen LogP contribution < -0.4 is 0 Å². The van der Waals surface area contributed by atoms with Crippen molar-refractivity contribution in [3.63, 3.8) is 0 Å². The molecule has 0 unspecified atom stereocenters. The summed E-state index contributed by atoms with van der Waals surface area (Å²) in [6.07, 6.45) is 1.82. The maximum absolute atomic E-state index is 5.88. The van der Waals surface area contributed by atoms with Crippen LogP contribution in [0.1, 0.15) is 0 Å². The first-order valence-electron chi connectivity index (χ1n) is 4.93. The van der Waals surface area contributed by atoms with E-state index in [0.717, 1.165) is 9.85 Å². The van der Waals surface area contributed by atoms with Crippen molar-refractivity contribution in [2.24, 2.45) is 0 Å². The van der Waals surface area contributed by atoms with Crippen molar-refractivity contribution in [3.05, 3.63) is 53.0 Å². The van der Waals surface area contributed by atoms with Gasteiger partial charge in [0.25, 0.3) is 0 Å². The molecule has 0 aliphatic carbocycles. The highest BCUT2D eigenvalue weighted by Gasteiger charge is 2.05. The third kappa shape index (κ3) is 1.60. The predicted molar refractivity (Wildman–Crippen MR) is 70.1 cm³/mol. The van der Waals surface area contributed by atoms with Crippen molar-refractivity contribution in [2.45, 2.75) is 0 Å². The van der Waals surface area contributed by atoms with Crippen LogP contribution in [0.25, 0.3) is 21.3 Å². The molecule has 78 valence electrons. The molecule has 0 fully saturated rings. The van der Waals surface area contributed by atoms with E-state index in [2.05, 4.69) is 16.4 Å². The molecule has 0 saturated carbocycles. The molecular weight excluding hydrogens is 238 g/mol. The fourth-order valence-corrected chi connectivity index (χ4v) is 2.77. The molecule has 0 N–H and O–H groups in total. The smallest absolute Gasteiger partial charge is 0.123 e. The lowest BCUT2D eigenvalue weighted by Gasteiger charge is -1.99. The van der Waals surface area contributed by atoms with Crippen LogP contribution in [0.3, 0.4) is 0 Å². The molecule has 3 heteroatoms. The molecule has 1 nitrogen and oxygen atoms in total. The number of aromatic nitrogens is 1. The van der Waals surface area contributed by atoms with E-state index in [1.165, 1.54) is 16.5 Å². The second-order valence-corrected chi connectivity index (χ2v) is 4.81. The molecular formula is C13H8ClNS. The molecule has 2 heterocycles. The number of halogens is 1. The van der Waals surface area contributed by atoms with E-state index in [4.69, 9.17) is 11.6 Å². The monoisotopic (exact) mass is 245 g/mol. The molecule has 0 saturated heterocycles. The normalized spacial score (nSPS) is 10.8. The average molecular weight is 246 g/mol. The highest BCUT2D eigenvalue weighted by atomic mass is 35.5. The zero-order chi connectivity index (χ0) is 11.0. The highest BCUT2D eigenvalue weighted by molar-refractivity contribution is 7.17. The van der Waals surface area contributed by atoms with E-state index in [9.17, 15) is 0 Å². The van der Waals surface area contributed by atoms with Gasteiger partial charge in [0, 0.05) is 27.5 Å².